The third-order valence-electron chi connectivity index (χ3n) is 4.66. The Labute approximate surface area is 133 Å². The summed E-state index contributed by atoms with van der Waals surface area (Å²) in [5, 5.41) is 11.3. The van der Waals surface area contributed by atoms with Crippen LogP contribution in [0.15, 0.2) is 42.9 Å². The first kappa shape index (κ1) is 12.6. The number of aromatic nitrogens is 4. The fourth-order valence-corrected chi connectivity index (χ4v) is 3.55. The first-order valence-corrected chi connectivity index (χ1v) is 7.74. The molecule has 23 heavy (non-hydrogen) atoms. The molecule has 5 heteroatoms. The van der Waals surface area contributed by atoms with E-state index in [4.69, 9.17) is 0 Å². The van der Waals surface area contributed by atoms with E-state index in [2.05, 4.69) is 50.7 Å². The van der Waals surface area contributed by atoms with E-state index < -0.39 is 0 Å². The molecule has 5 nitrogen and oxygen atoms in total. The summed E-state index contributed by atoms with van der Waals surface area (Å²) < 4.78 is 1.76. The van der Waals surface area contributed by atoms with Crippen LogP contribution in [0.25, 0.3) is 21.8 Å². The molecule has 0 atom stereocenters. The lowest BCUT2D eigenvalue weighted by atomic mass is 10.0. The maximum Gasteiger partial charge on any atom is 0.163 e. The van der Waals surface area contributed by atoms with Crippen molar-refractivity contribution in [1.82, 2.24) is 19.7 Å². The number of fused-ring (bicyclic) bond motifs is 1. The summed E-state index contributed by atoms with van der Waals surface area (Å²) in [6.07, 6.45) is 5.65. The van der Waals surface area contributed by atoms with Gasteiger partial charge in [0.25, 0.3) is 0 Å². The van der Waals surface area contributed by atoms with Crippen LogP contribution in [-0.4, -0.2) is 19.7 Å². The SMILES string of the molecule is Cn1ncc2c(Nc3ccc4c5c(cccc35)CC4)ncnc21. The molecule has 0 fully saturated rings. The van der Waals surface area contributed by atoms with Gasteiger partial charge >= 0.3 is 0 Å². The van der Waals surface area contributed by atoms with E-state index in [0.717, 1.165) is 35.4 Å². The van der Waals surface area contributed by atoms with Gasteiger partial charge in [-0.2, -0.15) is 5.10 Å². The molecule has 0 saturated heterocycles. The summed E-state index contributed by atoms with van der Waals surface area (Å²) in [7, 11) is 1.89. The number of hydrogen-bond donors (Lipinski definition) is 1. The quantitative estimate of drug-likeness (QED) is 0.617. The highest BCUT2D eigenvalue weighted by Crippen LogP contribution is 2.36. The number of aryl methyl sites for hydroxylation is 3. The molecule has 0 unspecified atom stereocenters. The molecule has 0 aliphatic heterocycles. The maximum atomic E-state index is 4.41. The van der Waals surface area contributed by atoms with Gasteiger partial charge in [-0.05, 0) is 35.4 Å². The first-order valence-electron chi connectivity index (χ1n) is 7.74. The maximum absolute atomic E-state index is 4.41. The fourth-order valence-electron chi connectivity index (χ4n) is 3.55. The molecule has 1 aliphatic carbocycles. The van der Waals surface area contributed by atoms with Crippen LogP contribution >= 0.6 is 0 Å². The molecule has 0 amide bonds. The molecule has 0 bridgehead atoms. The Morgan fingerprint density at radius 2 is 1.87 bits per heavy atom. The van der Waals surface area contributed by atoms with Crippen LogP contribution in [0, 0.1) is 0 Å². The van der Waals surface area contributed by atoms with Gasteiger partial charge in [0.2, 0.25) is 0 Å². The van der Waals surface area contributed by atoms with E-state index in [9.17, 15) is 0 Å². The molecule has 0 saturated carbocycles. The number of nitrogens with zero attached hydrogens (tertiary/aromatic N) is 4. The minimum atomic E-state index is 0.793. The molecule has 2 heterocycles. The summed E-state index contributed by atoms with van der Waals surface area (Å²) in [5.41, 5.74) is 4.79. The van der Waals surface area contributed by atoms with Crippen LogP contribution in [0.4, 0.5) is 11.5 Å². The Bertz CT molecular complexity index is 1050. The predicted octanol–water partition coefficient (Wildman–Crippen LogP) is 3.36. The summed E-state index contributed by atoms with van der Waals surface area (Å²) in [6.45, 7) is 0. The molecule has 0 radical (unpaired) electrons. The summed E-state index contributed by atoms with van der Waals surface area (Å²) in [6, 6.07) is 10.9. The number of hydrogen-bond acceptors (Lipinski definition) is 4. The zero-order valence-corrected chi connectivity index (χ0v) is 12.7. The van der Waals surface area contributed by atoms with Crippen molar-refractivity contribution < 1.29 is 0 Å². The van der Waals surface area contributed by atoms with Crippen LogP contribution in [-0.2, 0) is 19.9 Å². The van der Waals surface area contributed by atoms with Crippen molar-refractivity contribution in [3.05, 3.63) is 54.0 Å². The van der Waals surface area contributed by atoms with E-state index in [1.807, 2.05) is 7.05 Å². The van der Waals surface area contributed by atoms with Gasteiger partial charge in [-0.1, -0.05) is 24.3 Å². The predicted molar refractivity (Wildman–Crippen MR) is 90.9 cm³/mol. The van der Waals surface area contributed by atoms with Gasteiger partial charge in [-0.25, -0.2) is 9.97 Å². The number of nitrogens with one attached hydrogen (secondary N) is 1. The largest absolute Gasteiger partial charge is 0.339 e. The van der Waals surface area contributed by atoms with Crippen molar-refractivity contribution >= 4 is 33.3 Å². The second kappa shape index (κ2) is 4.52. The lowest BCUT2D eigenvalue weighted by molar-refractivity contribution is 0.785. The monoisotopic (exact) mass is 301 g/mol. The van der Waals surface area contributed by atoms with Crippen molar-refractivity contribution in [2.45, 2.75) is 12.8 Å². The van der Waals surface area contributed by atoms with E-state index in [-0.39, 0.29) is 0 Å². The zero-order valence-electron chi connectivity index (χ0n) is 12.7. The highest BCUT2D eigenvalue weighted by Gasteiger charge is 2.16. The Kier molecular flexibility index (Phi) is 2.47. The molecule has 4 aromatic rings. The summed E-state index contributed by atoms with van der Waals surface area (Å²) in [4.78, 5) is 8.70. The van der Waals surface area contributed by atoms with Crippen LogP contribution in [0.1, 0.15) is 11.1 Å². The highest BCUT2D eigenvalue weighted by molar-refractivity contribution is 6.01. The van der Waals surface area contributed by atoms with Crippen molar-refractivity contribution in [3.8, 4) is 0 Å². The number of anilines is 2. The molecule has 1 aliphatic rings. The molecule has 112 valence electrons. The average Bonchev–Trinajstić information content (AvgIpc) is 3.17. The molecular weight excluding hydrogens is 286 g/mol. The minimum absolute atomic E-state index is 0.793. The molecular formula is C18H15N5. The van der Waals surface area contributed by atoms with Gasteiger partial charge < -0.3 is 5.32 Å². The van der Waals surface area contributed by atoms with Crippen LogP contribution in [0.2, 0.25) is 0 Å². The molecule has 5 rings (SSSR count). The van der Waals surface area contributed by atoms with E-state index in [1.54, 1.807) is 17.2 Å². The fraction of sp³-hybridized carbons (Fsp3) is 0.167. The number of benzene rings is 2. The lowest BCUT2D eigenvalue weighted by Crippen LogP contribution is -1.98. The standard InChI is InChI=1S/C18H15N5/c1-23-18-14(9-21-23)17(19-10-20-18)22-15-8-7-12-6-5-11-3-2-4-13(15)16(11)12/h2-4,7-10H,5-6H2,1H3,(H,19,20,22). The second-order valence-corrected chi connectivity index (χ2v) is 5.96. The van der Waals surface area contributed by atoms with Gasteiger partial charge in [0, 0.05) is 18.1 Å². The van der Waals surface area contributed by atoms with Gasteiger partial charge in [0.05, 0.1) is 11.6 Å². The summed E-state index contributed by atoms with van der Waals surface area (Å²) >= 11 is 0. The van der Waals surface area contributed by atoms with Crippen LogP contribution in [0.5, 0.6) is 0 Å². The zero-order chi connectivity index (χ0) is 15.4. The number of rotatable bonds is 2. The molecule has 1 N–H and O–H groups in total. The van der Waals surface area contributed by atoms with Gasteiger partial charge in [0.1, 0.15) is 12.1 Å². The second-order valence-electron chi connectivity index (χ2n) is 5.96. The topological polar surface area (TPSA) is 55.6 Å². The third kappa shape index (κ3) is 1.76. The van der Waals surface area contributed by atoms with Crippen molar-refractivity contribution in [2.24, 2.45) is 7.05 Å². The van der Waals surface area contributed by atoms with Crippen LogP contribution < -0.4 is 5.32 Å². The van der Waals surface area contributed by atoms with Gasteiger partial charge in [-0.3, -0.25) is 4.68 Å². The smallest absolute Gasteiger partial charge is 0.163 e. The molecule has 0 spiro atoms. The van der Waals surface area contributed by atoms with E-state index in [0.29, 0.717) is 0 Å². The van der Waals surface area contributed by atoms with E-state index >= 15 is 0 Å². The Morgan fingerprint density at radius 1 is 1.00 bits per heavy atom. The van der Waals surface area contributed by atoms with Crippen molar-refractivity contribution in [1.29, 1.82) is 0 Å². The Balaban J connectivity index is 1.70. The molecule has 2 aromatic carbocycles. The average molecular weight is 301 g/mol. The van der Waals surface area contributed by atoms with Gasteiger partial charge in [0.15, 0.2) is 5.65 Å². The Morgan fingerprint density at radius 3 is 2.78 bits per heavy atom. The minimum Gasteiger partial charge on any atom is -0.339 e. The normalized spacial score (nSPS) is 13.1. The lowest BCUT2D eigenvalue weighted by Gasteiger charge is -2.11. The van der Waals surface area contributed by atoms with Gasteiger partial charge in [-0.15, -0.1) is 0 Å². The van der Waals surface area contributed by atoms with Crippen molar-refractivity contribution in [2.75, 3.05) is 5.32 Å². The Hall–Kier alpha value is -2.95. The highest BCUT2D eigenvalue weighted by atomic mass is 15.3. The van der Waals surface area contributed by atoms with Crippen LogP contribution in [0.3, 0.4) is 0 Å². The van der Waals surface area contributed by atoms with Crippen molar-refractivity contribution in [3.63, 3.8) is 0 Å². The third-order valence-corrected chi connectivity index (χ3v) is 4.66. The molecule has 2 aromatic heterocycles. The van der Waals surface area contributed by atoms with E-state index in [1.165, 1.54) is 21.9 Å². The summed E-state index contributed by atoms with van der Waals surface area (Å²) in [5.74, 6) is 0.793. The first-order chi connectivity index (χ1) is 11.3.